The summed E-state index contributed by atoms with van der Waals surface area (Å²) in [5, 5.41) is 2.79. The van der Waals surface area contributed by atoms with Crippen LogP contribution in [0.25, 0.3) is 0 Å². The molecule has 1 unspecified atom stereocenters. The van der Waals surface area contributed by atoms with Crippen LogP contribution in [0.1, 0.15) is 51.6 Å². The first kappa shape index (κ1) is 18.0. The van der Waals surface area contributed by atoms with Gasteiger partial charge in [-0.1, -0.05) is 20.8 Å². The lowest BCUT2D eigenvalue weighted by Crippen LogP contribution is -2.50. The highest BCUT2D eigenvalue weighted by Crippen LogP contribution is 2.43. The van der Waals surface area contributed by atoms with Gasteiger partial charge in [-0.25, -0.2) is 13.2 Å². The van der Waals surface area contributed by atoms with E-state index in [9.17, 15) is 18.0 Å². The maximum absolute atomic E-state index is 14.4. The van der Waals surface area contributed by atoms with Crippen LogP contribution >= 0.6 is 0 Å². The Morgan fingerprint density at radius 2 is 1.88 bits per heavy atom. The molecule has 7 heteroatoms. The molecule has 1 aliphatic heterocycles. The summed E-state index contributed by atoms with van der Waals surface area (Å²) in [6.45, 7) is 6.01. The third-order valence-corrected chi connectivity index (χ3v) is 5.01. The Kier molecular flexibility index (Phi) is 4.47. The van der Waals surface area contributed by atoms with Crippen molar-refractivity contribution in [2.24, 2.45) is 11.1 Å². The van der Waals surface area contributed by atoms with Crippen molar-refractivity contribution in [3.8, 4) is 0 Å². The number of nitrogens with one attached hydrogen (secondary N) is 1. The van der Waals surface area contributed by atoms with E-state index in [4.69, 9.17) is 5.73 Å². The Hall–Kier alpha value is -1.76. The maximum Gasteiger partial charge on any atom is 0.237 e. The number of carbonyl (C=O) groups is 1. The first-order valence-electron chi connectivity index (χ1n) is 8.61. The number of halogens is 3. The van der Waals surface area contributed by atoms with Gasteiger partial charge in [-0.3, -0.25) is 4.79 Å². The summed E-state index contributed by atoms with van der Waals surface area (Å²) in [4.78, 5) is 14.2. The molecular weight excluding hydrogens is 331 g/mol. The average Bonchev–Trinajstić information content (AvgIpc) is 3.36. The molecule has 0 saturated heterocycles. The molecule has 4 nitrogen and oxygen atoms in total. The highest BCUT2D eigenvalue weighted by molar-refractivity contribution is 5.83. The van der Waals surface area contributed by atoms with Crippen LogP contribution in [0.2, 0.25) is 0 Å². The van der Waals surface area contributed by atoms with Crippen molar-refractivity contribution in [2.75, 3.05) is 11.4 Å². The van der Waals surface area contributed by atoms with E-state index in [2.05, 4.69) is 5.32 Å². The van der Waals surface area contributed by atoms with Crippen LogP contribution in [-0.2, 0) is 4.79 Å². The van der Waals surface area contributed by atoms with E-state index in [1.165, 1.54) is 0 Å². The molecule has 0 aromatic heterocycles. The summed E-state index contributed by atoms with van der Waals surface area (Å²) >= 11 is 0. The molecule has 0 bridgehead atoms. The number of amides is 1. The van der Waals surface area contributed by atoms with Gasteiger partial charge in [0.2, 0.25) is 5.91 Å². The summed E-state index contributed by atoms with van der Waals surface area (Å²) in [6, 6.07) is -0.190. The van der Waals surface area contributed by atoms with Gasteiger partial charge in [0.1, 0.15) is 0 Å². The van der Waals surface area contributed by atoms with Crippen LogP contribution in [0.15, 0.2) is 6.07 Å². The fourth-order valence-corrected chi connectivity index (χ4v) is 3.25. The fraction of sp³-hybridized carbons (Fsp3) is 0.611. The number of rotatable bonds is 3. The minimum Gasteiger partial charge on any atom is -0.366 e. The van der Waals surface area contributed by atoms with E-state index in [0.717, 1.165) is 18.9 Å². The van der Waals surface area contributed by atoms with Crippen molar-refractivity contribution in [1.29, 1.82) is 0 Å². The second kappa shape index (κ2) is 6.20. The Balaban J connectivity index is 1.93. The van der Waals surface area contributed by atoms with Crippen LogP contribution in [-0.4, -0.2) is 24.5 Å². The third-order valence-electron chi connectivity index (χ3n) is 5.01. The van der Waals surface area contributed by atoms with Crippen LogP contribution in [0.4, 0.5) is 18.9 Å². The molecule has 3 rings (SSSR count). The summed E-state index contributed by atoms with van der Waals surface area (Å²) in [6.07, 6.45) is 2.31. The van der Waals surface area contributed by atoms with Crippen molar-refractivity contribution in [3.63, 3.8) is 0 Å². The first-order valence-corrected chi connectivity index (χ1v) is 8.61. The SMILES string of the molecule is CC(C)(C)[C@H](N)C(=O)NC1CCN(C2CC2)c2c1cc(F)c(F)c2F. The molecular formula is C18H24F3N3O. The van der Waals surface area contributed by atoms with E-state index >= 15 is 0 Å². The molecule has 1 fully saturated rings. The van der Waals surface area contributed by atoms with Crippen molar-refractivity contribution in [1.82, 2.24) is 5.32 Å². The Bertz CT molecular complexity index is 698. The highest BCUT2D eigenvalue weighted by atomic mass is 19.2. The zero-order valence-electron chi connectivity index (χ0n) is 14.7. The summed E-state index contributed by atoms with van der Waals surface area (Å²) in [7, 11) is 0. The number of hydrogen-bond acceptors (Lipinski definition) is 3. The molecule has 1 heterocycles. The van der Waals surface area contributed by atoms with E-state index in [0.29, 0.717) is 13.0 Å². The van der Waals surface area contributed by atoms with Crippen molar-refractivity contribution < 1.29 is 18.0 Å². The van der Waals surface area contributed by atoms with Gasteiger partial charge in [0.25, 0.3) is 0 Å². The van der Waals surface area contributed by atoms with Crippen LogP contribution in [0.3, 0.4) is 0 Å². The van der Waals surface area contributed by atoms with Gasteiger partial charge in [0.15, 0.2) is 17.5 Å². The van der Waals surface area contributed by atoms with Crippen molar-refractivity contribution >= 4 is 11.6 Å². The number of fused-ring (bicyclic) bond motifs is 1. The average molecular weight is 355 g/mol. The predicted molar refractivity (Wildman–Crippen MR) is 89.6 cm³/mol. The Morgan fingerprint density at radius 3 is 2.44 bits per heavy atom. The third kappa shape index (κ3) is 3.34. The molecule has 1 saturated carbocycles. The summed E-state index contributed by atoms with van der Waals surface area (Å²) in [5.41, 5.74) is 5.88. The molecule has 1 aliphatic carbocycles. The molecule has 2 aliphatic rings. The molecule has 0 radical (unpaired) electrons. The van der Waals surface area contributed by atoms with Gasteiger partial charge in [0, 0.05) is 18.2 Å². The Morgan fingerprint density at radius 1 is 1.24 bits per heavy atom. The maximum atomic E-state index is 14.4. The van der Waals surface area contributed by atoms with E-state index in [1.54, 1.807) is 4.90 Å². The number of nitrogens with two attached hydrogens (primary N) is 1. The number of anilines is 1. The monoisotopic (exact) mass is 355 g/mol. The van der Waals surface area contributed by atoms with Gasteiger partial charge in [0.05, 0.1) is 17.8 Å². The number of benzene rings is 1. The van der Waals surface area contributed by atoms with Gasteiger partial charge in [-0.05, 0) is 30.7 Å². The zero-order chi connectivity index (χ0) is 18.5. The number of hydrogen-bond donors (Lipinski definition) is 2. The molecule has 0 spiro atoms. The number of carbonyl (C=O) groups excluding carboxylic acids is 1. The van der Waals surface area contributed by atoms with E-state index < -0.39 is 35.0 Å². The van der Waals surface area contributed by atoms with Crippen LogP contribution < -0.4 is 16.0 Å². The Labute approximate surface area is 145 Å². The fourth-order valence-electron chi connectivity index (χ4n) is 3.25. The number of nitrogens with zero attached hydrogens (tertiary/aromatic N) is 1. The van der Waals surface area contributed by atoms with Crippen molar-refractivity contribution in [2.45, 2.75) is 58.2 Å². The van der Waals surface area contributed by atoms with Crippen molar-refractivity contribution in [3.05, 3.63) is 29.1 Å². The minimum atomic E-state index is -1.47. The highest BCUT2D eigenvalue weighted by Gasteiger charge is 2.39. The van der Waals surface area contributed by atoms with Gasteiger partial charge in [-0.2, -0.15) is 0 Å². The molecule has 1 aromatic rings. The van der Waals surface area contributed by atoms with Gasteiger partial charge < -0.3 is 16.0 Å². The molecule has 1 aromatic carbocycles. The first-order chi connectivity index (χ1) is 11.6. The molecule has 3 N–H and O–H groups in total. The lowest BCUT2D eigenvalue weighted by Gasteiger charge is -2.37. The molecule has 25 heavy (non-hydrogen) atoms. The van der Waals surface area contributed by atoms with Crippen LogP contribution in [0.5, 0.6) is 0 Å². The van der Waals surface area contributed by atoms with E-state index in [-0.39, 0.29) is 23.2 Å². The summed E-state index contributed by atoms with van der Waals surface area (Å²) < 4.78 is 42.0. The molecule has 138 valence electrons. The largest absolute Gasteiger partial charge is 0.366 e. The quantitative estimate of drug-likeness (QED) is 0.820. The second-order valence-corrected chi connectivity index (χ2v) is 8.04. The lowest BCUT2D eigenvalue weighted by molar-refractivity contribution is -0.125. The summed E-state index contributed by atoms with van der Waals surface area (Å²) in [5.74, 6) is -4.27. The minimum absolute atomic E-state index is 0.0716. The van der Waals surface area contributed by atoms with E-state index in [1.807, 2.05) is 20.8 Å². The topological polar surface area (TPSA) is 58.4 Å². The normalized spacial score (nSPS) is 21.7. The smallest absolute Gasteiger partial charge is 0.237 e. The predicted octanol–water partition coefficient (Wildman–Crippen LogP) is 3.01. The zero-order valence-corrected chi connectivity index (χ0v) is 14.7. The molecule has 2 atom stereocenters. The standard InChI is InChI=1S/C18H24F3N3O/c1-18(2,3)16(22)17(25)23-12-6-7-24(9-4-5-9)15-10(12)8-11(19)13(20)14(15)21/h8-9,12,16H,4-7,22H2,1-3H3,(H,23,25)/t12?,16-/m1/s1. The lowest BCUT2D eigenvalue weighted by atomic mass is 9.86. The molecule has 1 amide bonds. The van der Waals surface area contributed by atoms with Gasteiger partial charge in [-0.15, -0.1) is 0 Å². The second-order valence-electron chi connectivity index (χ2n) is 8.04. The van der Waals surface area contributed by atoms with Crippen LogP contribution in [0, 0.1) is 22.9 Å². The van der Waals surface area contributed by atoms with Gasteiger partial charge >= 0.3 is 0 Å².